The lowest BCUT2D eigenvalue weighted by Crippen LogP contribution is -2.34. The van der Waals surface area contributed by atoms with Crippen LogP contribution in [0.4, 0.5) is 0 Å². The average Bonchev–Trinajstić information content (AvgIpc) is 3.13. The second-order valence-electron chi connectivity index (χ2n) is 4.68. The van der Waals surface area contributed by atoms with Crippen LogP contribution in [0.25, 0.3) is 0 Å². The summed E-state index contributed by atoms with van der Waals surface area (Å²) in [6, 6.07) is 5.56. The van der Waals surface area contributed by atoms with Crippen molar-refractivity contribution in [3.63, 3.8) is 0 Å². The van der Waals surface area contributed by atoms with Crippen molar-refractivity contribution in [1.29, 1.82) is 0 Å². The molecule has 1 aromatic rings. The monoisotopic (exact) mass is 233 g/mol. The van der Waals surface area contributed by atoms with Crippen LogP contribution in [0.2, 0.25) is 0 Å². The number of hydrogen-bond acceptors (Lipinski definition) is 2. The number of benzene rings is 1. The van der Waals surface area contributed by atoms with Crippen LogP contribution < -0.4 is 0 Å². The van der Waals surface area contributed by atoms with Crippen LogP contribution in [0.15, 0.2) is 18.2 Å². The van der Waals surface area contributed by atoms with Crippen molar-refractivity contribution in [1.82, 2.24) is 4.90 Å². The van der Waals surface area contributed by atoms with E-state index in [1.54, 1.807) is 25.1 Å². The van der Waals surface area contributed by atoms with Crippen LogP contribution in [-0.2, 0) is 0 Å². The fraction of sp³-hybridized carbons (Fsp3) is 0.500. The van der Waals surface area contributed by atoms with Gasteiger partial charge in [0, 0.05) is 23.7 Å². The summed E-state index contributed by atoms with van der Waals surface area (Å²) in [5, 5.41) is 9.64. The zero-order valence-electron chi connectivity index (χ0n) is 10.4. The second-order valence-corrected chi connectivity index (χ2v) is 4.68. The van der Waals surface area contributed by atoms with Gasteiger partial charge in [-0.2, -0.15) is 0 Å². The molecule has 0 aromatic heterocycles. The highest BCUT2D eigenvalue weighted by atomic mass is 16.3. The smallest absolute Gasteiger partial charge is 0.254 e. The molecule has 0 unspecified atom stereocenters. The van der Waals surface area contributed by atoms with E-state index >= 15 is 0 Å². The Morgan fingerprint density at radius 1 is 1.47 bits per heavy atom. The number of amides is 1. The molecule has 1 aromatic carbocycles. The first-order chi connectivity index (χ1) is 8.15. The highest BCUT2D eigenvalue weighted by Crippen LogP contribution is 2.30. The molecule has 1 aliphatic carbocycles. The molecule has 0 spiro atoms. The van der Waals surface area contributed by atoms with Gasteiger partial charge in [-0.15, -0.1) is 0 Å². The number of rotatable bonds is 4. The summed E-state index contributed by atoms with van der Waals surface area (Å²) in [7, 11) is 0. The van der Waals surface area contributed by atoms with E-state index in [2.05, 4.69) is 6.92 Å². The quantitative estimate of drug-likeness (QED) is 0.868. The lowest BCUT2D eigenvalue weighted by molar-refractivity contribution is 0.0742. The van der Waals surface area contributed by atoms with E-state index < -0.39 is 0 Å². The maximum Gasteiger partial charge on any atom is 0.254 e. The molecule has 3 nitrogen and oxygen atoms in total. The Labute approximate surface area is 102 Å². The Kier molecular flexibility index (Phi) is 3.36. The summed E-state index contributed by atoms with van der Waals surface area (Å²) in [5.41, 5.74) is 1.31. The van der Waals surface area contributed by atoms with Gasteiger partial charge in [0.2, 0.25) is 0 Å². The third-order valence-corrected chi connectivity index (χ3v) is 3.25. The summed E-state index contributed by atoms with van der Waals surface area (Å²) in [4.78, 5) is 14.4. The van der Waals surface area contributed by atoms with Crippen LogP contribution >= 0.6 is 0 Å². The van der Waals surface area contributed by atoms with Crippen LogP contribution in [0.5, 0.6) is 5.75 Å². The number of phenolic OH excluding ortho intramolecular Hbond substituents is 1. The van der Waals surface area contributed by atoms with E-state index in [1.165, 1.54) is 0 Å². The van der Waals surface area contributed by atoms with Crippen molar-refractivity contribution in [2.45, 2.75) is 39.2 Å². The summed E-state index contributed by atoms with van der Waals surface area (Å²) < 4.78 is 0. The molecule has 92 valence electrons. The first-order valence-electron chi connectivity index (χ1n) is 6.24. The highest BCUT2D eigenvalue weighted by Gasteiger charge is 2.32. The van der Waals surface area contributed by atoms with Gasteiger partial charge in [-0.25, -0.2) is 0 Å². The van der Waals surface area contributed by atoms with Gasteiger partial charge in [-0.05, 0) is 38.3 Å². The molecule has 17 heavy (non-hydrogen) atoms. The molecular formula is C14H19NO2. The van der Waals surface area contributed by atoms with E-state index in [0.717, 1.165) is 25.8 Å². The largest absolute Gasteiger partial charge is 0.508 e. The van der Waals surface area contributed by atoms with E-state index in [-0.39, 0.29) is 11.7 Å². The van der Waals surface area contributed by atoms with Crippen molar-refractivity contribution in [2.75, 3.05) is 6.54 Å². The van der Waals surface area contributed by atoms with Crippen LogP contribution in [0, 0.1) is 6.92 Å². The van der Waals surface area contributed by atoms with E-state index in [9.17, 15) is 9.90 Å². The SMILES string of the molecule is CCCN(C(=O)c1cccc(O)c1C)C1CC1. The van der Waals surface area contributed by atoms with Crippen molar-refractivity contribution < 1.29 is 9.90 Å². The maximum absolute atomic E-state index is 12.4. The lowest BCUT2D eigenvalue weighted by atomic mass is 10.1. The Bertz CT molecular complexity index is 424. The van der Waals surface area contributed by atoms with E-state index in [1.807, 2.05) is 4.90 Å². The van der Waals surface area contributed by atoms with Gasteiger partial charge in [0.1, 0.15) is 5.75 Å². The van der Waals surface area contributed by atoms with Crippen LogP contribution in [0.1, 0.15) is 42.1 Å². The van der Waals surface area contributed by atoms with Crippen molar-refractivity contribution in [3.8, 4) is 5.75 Å². The molecule has 0 atom stereocenters. The first kappa shape index (κ1) is 12.0. The minimum Gasteiger partial charge on any atom is -0.508 e. The molecule has 3 heteroatoms. The summed E-state index contributed by atoms with van der Waals surface area (Å²) >= 11 is 0. The molecule has 1 amide bonds. The number of nitrogens with zero attached hydrogens (tertiary/aromatic N) is 1. The van der Waals surface area contributed by atoms with Crippen molar-refractivity contribution in [3.05, 3.63) is 29.3 Å². The van der Waals surface area contributed by atoms with Gasteiger partial charge in [0.15, 0.2) is 0 Å². The minimum absolute atomic E-state index is 0.0581. The normalized spacial score (nSPS) is 14.7. The van der Waals surface area contributed by atoms with Gasteiger partial charge < -0.3 is 10.0 Å². The van der Waals surface area contributed by atoms with Crippen molar-refractivity contribution in [2.24, 2.45) is 0 Å². The fourth-order valence-electron chi connectivity index (χ4n) is 2.09. The van der Waals surface area contributed by atoms with Gasteiger partial charge in [0.05, 0.1) is 0 Å². The molecule has 0 heterocycles. The summed E-state index contributed by atoms with van der Waals surface area (Å²) in [6.45, 7) is 4.68. The second kappa shape index (κ2) is 4.78. The molecule has 1 aliphatic rings. The fourth-order valence-corrected chi connectivity index (χ4v) is 2.09. The average molecular weight is 233 g/mol. The molecule has 1 fully saturated rings. The summed E-state index contributed by atoms with van der Waals surface area (Å²) in [6.07, 6.45) is 3.20. The zero-order valence-corrected chi connectivity index (χ0v) is 10.4. The van der Waals surface area contributed by atoms with Crippen molar-refractivity contribution >= 4 is 5.91 Å². The Morgan fingerprint density at radius 2 is 2.18 bits per heavy atom. The lowest BCUT2D eigenvalue weighted by Gasteiger charge is -2.22. The zero-order chi connectivity index (χ0) is 12.4. The van der Waals surface area contributed by atoms with Gasteiger partial charge >= 0.3 is 0 Å². The number of aromatic hydroxyl groups is 1. The molecular weight excluding hydrogens is 214 g/mol. The number of hydrogen-bond donors (Lipinski definition) is 1. The predicted molar refractivity (Wildman–Crippen MR) is 67.2 cm³/mol. The van der Waals surface area contributed by atoms with E-state index in [4.69, 9.17) is 0 Å². The molecule has 1 saturated carbocycles. The van der Waals surface area contributed by atoms with E-state index in [0.29, 0.717) is 17.2 Å². The highest BCUT2D eigenvalue weighted by molar-refractivity contribution is 5.96. The minimum atomic E-state index is 0.0581. The number of carbonyl (C=O) groups excluding carboxylic acids is 1. The Hall–Kier alpha value is -1.51. The Morgan fingerprint density at radius 3 is 2.76 bits per heavy atom. The van der Waals surface area contributed by atoms with Crippen LogP contribution in [0.3, 0.4) is 0 Å². The molecule has 2 rings (SSSR count). The van der Waals surface area contributed by atoms with Gasteiger partial charge in [-0.3, -0.25) is 4.79 Å². The Balaban J connectivity index is 2.25. The first-order valence-corrected chi connectivity index (χ1v) is 6.24. The van der Waals surface area contributed by atoms with Gasteiger partial charge in [-0.1, -0.05) is 13.0 Å². The molecule has 0 bridgehead atoms. The maximum atomic E-state index is 12.4. The third kappa shape index (κ3) is 2.43. The summed E-state index contributed by atoms with van der Waals surface area (Å²) in [5.74, 6) is 0.255. The predicted octanol–water partition coefficient (Wildman–Crippen LogP) is 2.72. The number of phenols is 1. The number of carbonyl (C=O) groups is 1. The molecule has 1 N–H and O–H groups in total. The molecule has 0 saturated heterocycles. The van der Waals surface area contributed by atoms with Gasteiger partial charge in [0.25, 0.3) is 5.91 Å². The third-order valence-electron chi connectivity index (χ3n) is 3.25. The topological polar surface area (TPSA) is 40.5 Å². The molecule has 0 radical (unpaired) electrons. The standard InChI is InChI=1S/C14H19NO2/c1-3-9-15(11-7-8-11)14(17)12-5-4-6-13(16)10(12)2/h4-6,11,16H,3,7-9H2,1-2H3. The molecule has 0 aliphatic heterocycles. The van der Waals surface area contributed by atoms with Crippen LogP contribution in [-0.4, -0.2) is 28.5 Å².